The second-order valence-corrected chi connectivity index (χ2v) is 8.80. The van der Waals surface area contributed by atoms with E-state index in [-0.39, 0.29) is 17.9 Å². The number of nitrogens with one attached hydrogen (secondary N) is 1. The van der Waals surface area contributed by atoms with Crippen LogP contribution < -0.4 is 5.32 Å². The van der Waals surface area contributed by atoms with Gasteiger partial charge in [-0.2, -0.15) is 0 Å². The molecule has 166 valence electrons. The van der Waals surface area contributed by atoms with Crippen LogP contribution in [0.3, 0.4) is 0 Å². The van der Waals surface area contributed by atoms with Crippen molar-refractivity contribution < 1.29 is 14.7 Å². The van der Waals surface area contributed by atoms with Gasteiger partial charge in [-0.05, 0) is 73.3 Å². The summed E-state index contributed by atoms with van der Waals surface area (Å²) in [6.07, 6.45) is 1.36. The third-order valence-electron chi connectivity index (χ3n) is 6.53. The molecule has 5 nitrogen and oxygen atoms in total. The number of carboxylic acid groups (broad SMARTS) is 1. The lowest BCUT2D eigenvalue weighted by Gasteiger charge is -2.30. The zero-order valence-electron chi connectivity index (χ0n) is 18.7. The SMILES string of the molecule is Cc1ccc(CN2CCC(C(=O)O)CC2)cc1C(=O)NC(C)c1cccc2ccccc12. The van der Waals surface area contributed by atoms with Crippen molar-refractivity contribution >= 4 is 22.6 Å². The minimum Gasteiger partial charge on any atom is -0.481 e. The van der Waals surface area contributed by atoms with E-state index in [4.69, 9.17) is 0 Å². The number of piperidine rings is 1. The van der Waals surface area contributed by atoms with Crippen LogP contribution in [0.15, 0.2) is 60.7 Å². The van der Waals surface area contributed by atoms with Gasteiger partial charge in [0.1, 0.15) is 0 Å². The first-order chi connectivity index (χ1) is 15.4. The maximum atomic E-state index is 13.2. The second-order valence-electron chi connectivity index (χ2n) is 8.80. The standard InChI is InChI=1S/C27H30N2O3/c1-18-10-11-20(17-29-14-12-22(13-15-29)27(31)32)16-25(18)26(30)28-19(2)23-9-5-7-21-6-3-4-8-24(21)23/h3-11,16,19,22H,12-15,17H2,1-2H3,(H,28,30)(H,31,32). The lowest BCUT2D eigenvalue weighted by molar-refractivity contribution is -0.143. The van der Waals surface area contributed by atoms with Crippen LogP contribution >= 0.6 is 0 Å². The van der Waals surface area contributed by atoms with Crippen LogP contribution in [0.5, 0.6) is 0 Å². The Morgan fingerprint density at radius 2 is 1.78 bits per heavy atom. The van der Waals surface area contributed by atoms with E-state index in [1.54, 1.807) is 0 Å². The van der Waals surface area contributed by atoms with Crippen molar-refractivity contribution in [2.45, 2.75) is 39.3 Å². The van der Waals surface area contributed by atoms with Crippen molar-refractivity contribution in [2.75, 3.05) is 13.1 Å². The number of fused-ring (bicyclic) bond motifs is 1. The lowest BCUT2D eigenvalue weighted by atomic mass is 9.96. The minimum absolute atomic E-state index is 0.0747. The topological polar surface area (TPSA) is 69.6 Å². The third-order valence-corrected chi connectivity index (χ3v) is 6.53. The third kappa shape index (κ3) is 4.83. The van der Waals surface area contributed by atoms with Crippen LogP contribution in [0, 0.1) is 12.8 Å². The number of nitrogens with zero attached hydrogens (tertiary/aromatic N) is 1. The molecule has 1 aliphatic rings. The van der Waals surface area contributed by atoms with Gasteiger partial charge in [0.2, 0.25) is 0 Å². The van der Waals surface area contributed by atoms with Gasteiger partial charge in [0.25, 0.3) is 5.91 Å². The van der Waals surface area contributed by atoms with Crippen LogP contribution in [0.25, 0.3) is 10.8 Å². The van der Waals surface area contributed by atoms with Gasteiger partial charge in [-0.15, -0.1) is 0 Å². The van der Waals surface area contributed by atoms with E-state index in [1.807, 2.05) is 44.2 Å². The number of amides is 1. The van der Waals surface area contributed by atoms with Crippen molar-refractivity contribution in [3.8, 4) is 0 Å². The van der Waals surface area contributed by atoms with Crippen LogP contribution in [-0.2, 0) is 11.3 Å². The van der Waals surface area contributed by atoms with E-state index >= 15 is 0 Å². The van der Waals surface area contributed by atoms with E-state index < -0.39 is 5.97 Å². The summed E-state index contributed by atoms with van der Waals surface area (Å²) >= 11 is 0. The molecule has 1 heterocycles. The summed E-state index contributed by atoms with van der Waals surface area (Å²) in [5, 5.41) is 14.7. The number of benzene rings is 3. The molecule has 0 radical (unpaired) electrons. The molecule has 0 aromatic heterocycles. The first-order valence-electron chi connectivity index (χ1n) is 11.3. The van der Waals surface area contributed by atoms with Crippen LogP contribution in [0.4, 0.5) is 0 Å². The Balaban J connectivity index is 1.46. The highest BCUT2D eigenvalue weighted by Gasteiger charge is 2.24. The number of aryl methyl sites for hydroxylation is 1. The number of rotatable bonds is 6. The molecule has 0 bridgehead atoms. The molecule has 1 unspecified atom stereocenters. The van der Waals surface area contributed by atoms with Gasteiger partial charge in [0.15, 0.2) is 0 Å². The largest absolute Gasteiger partial charge is 0.481 e. The molecular weight excluding hydrogens is 400 g/mol. The summed E-state index contributed by atoms with van der Waals surface area (Å²) in [5.74, 6) is -1.00. The van der Waals surface area contributed by atoms with Crippen molar-refractivity contribution in [2.24, 2.45) is 5.92 Å². The molecule has 0 saturated carbocycles. The minimum atomic E-state index is -0.695. The Morgan fingerprint density at radius 1 is 1.06 bits per heavy atom. The van der Waals surface area contributed by atoms with Crippen LogP contribution in [0.1, 0.15) is 52.9 Å². The fraction of sp³-hybridized carbons (Fsp3) is 0.333. The molecule has 4 rings (SSSR count). The maximum Gasteiger partial charge on any atom is 0.306 e. The molecule has 3 aromatic carbocycles. The van der Waals surface area contributed by atoms with Gasteiger partial charge in [-0.3, -0.25) is 14.5 Å². The first-order valence-corrected chi connectivity index (χ1v) is 11.3. The van der Waals surface area contributed by atoms with Crippen molar-refractivity contribution in [1.82, 2.24) is 10.2 Å². The Bertz CT molecular complexity index is 1130. The number of aliphatic carboxylic acids is 1. The molecule has 1 aliphatic heterocycles. The molecule has 0 spiro atoms. The Labute approximate surface area is 189 Å². The molecule has 5 heteroatoms. The fourth-order valence-corrected chi connectivity index (χ4v) is 4.59. The van der Waals surface area contributed by atoms with E-state index in [1.165, 1.54) is 0 Å². The summed E-state index contributed by atoms with van der Waals surface area (Å²) in [6, 6.07) is 20.3. The van der Waals surface area contributed by atoms with Crippen molar-refractivity contribution in [3.63, 3.8) is 0 Å². The number of likely N-dealkylation sites (tertiary alicyclic amines) is 1. The van der Waals surface area contributed by atoms with Gasteiger partial charge < -0.3 is 10.4 Å². The van der Waals surface area contributed by atoms with Crippen molar-refractivity contribution in [1.29, 1.82) is 0 Å². The monoisotopic (exact) mass is 430 g/mol. The molecule has 1 atom stereocenters. The fourth-order valence-electron chi connectivity index (χ4n) is 4.59. The summed E-state index contributed by atoms with van der Waals surface area (Å²) in [6.45, 7) is 6.24. The summed E-state index contributed by atoms with van der Waals surface area (Å²) < 4.78 is 0. The average Bonchev–Trinajstić information content (AvgIpc) is 2.80. The highest BCUT2D eigenvalue weighted by molar-refractivity contribution is 5.96. The Hall–Kier alpha value is -3.18. The summed E-state index contributed by atoms with van der Waals surface area (Å²) in [4.78, 5) is 26.6. The first kappa shape index (κ1) is 22.0. The Kier molecular flexibility index (Phi) is 6.56. The zero-order valence-corrected chi connectivity index (χ0v) is 18.7. The highest BCUT2D eigenvalue weighted by Crippen LogP contribution is 2.25. The number of carbonyl (C=O) groups is 2. The lowest BCUT2D eigenvalue weighted by Crippen LogP contribution is -2.36. The smallest absolute Gasteiger partial charge is 0.306 e. The highest BCUT2D eigenvalue weighted by atomic mass is 16.4. The van der Waals surface area contributed by atoms with Gasteiger partial charge in [0.05, 0.1) is 12.0 Å². The molecule has 1 amide bonds. The molecule has 2 N–H and O–H groups in total. The molecule has 32 heavy (non-hydrogen) atoms. The van der Waals surface area contributed by atoms with E-state index in [2.05, 4.69) is 40.5 Å². The molecule has 1 fully saturated rings. The maximum absolute atomic E-state index is 13.2. The van der Waals surface area contributed by atoms with Gasteiger partial charge >= 0.3 is 5.97 Å². The number of carboxylic acids is 1. The molecule has 0 aliphatic carbocycles. The van der Waals surface area contributed by atoms with Gasteiger partial charge in [-0.25, -0.2) is 0 Å². The predicted octanol–water partition coefficient (Wildman–Crippen LogP) is 4.94. The Morgan fingerprint density at radius 3 is 2.53 bits per heavy atom. The van der Waals surface area contributed by atoms with Gasteiger partial charge in [-0.1, -0.05) is 54.6 Å². The van der Waals surface area contributed by atoms with E-state index in [0.29, 0.717) is 18.4 Å². The molecular formula is C27H30N2O3. The molecule has 1 saturated heterocycles. The van der Waals surface area contributed by atoms with Crippen LogP contribution in [0.2, 0.25) is 0 Å². The van der Waals surface area contributed by atoms with Crippen molar-refractivity contribution in [3.05, 3.63) is 82.9 Å². The average molecular weight is 431 g/mol. The quantitative estimate of drug-likeness (QED) is 0.581. The number of hydrogen-bond donors (Lipinski definition) is 2. The van der Waals surface area contributed by atoms with Crippen LogP contribution in [-0.4, -0.2) is 35.0 Å². The summed E-state index contributed by atoms with van der Waals surface area (Å²) in [7, 11) is 0. The second kappa shape index (κ2) is 9.53. The number of carbonyl (C=O) groups excluding carboxylic acids is 1. The number of hydrogen-bond acceptors (Lipinski definition) is 3. The normalized spacial score (nSPS) is 16.1. The predicted molar refractivity (Wildman–Crippen MR) is 127 cm³/mol. The van der Waals surface area contributed by atoms with E-state index in [9.17, 15) is 14.7 Å². The zero-order chi connectivity index (χ0) is 22.7. The molecule has 3 aromatic rings. The van der Waals surface area contributed by atoms with E-state index in [0.717, 1.165) is 47.1 Å². The summed E-state index contributed by atoms with van der Waals surface area (Å²) in [5.41, 5.74) is 3.81. The van der Waals surface area contributed by atoms with Gasteiger partial charge in [0, 0.05) is 12.1 Å².